The first-order valence-electron chi connectivity index (χ1n) is 6.28. The van der Waals surface area contributed by atoms with Crippen LogP contribution in [0, 0.1) is 20.8 Å². The lowest BCUT2D eigenvalue weighted by molar-refractivity contribution is -0.120. The predicted molar refractivity (Wildman–Crippen MR) is 82.1 cm³/mol. The highest BCUT2D eigenvalue weighted by atomic mass is 32.1. The van der Waals surface area contributed by atoms with Crippen LogP contribution in [0.4, 0.5) is 10.8 Å². The molecule has 5 nitrogen and oxygen atoms in total. The summed E-state index contributed by atoms with van der Waals surface area (Å²) in [5.41, 5.74) is 7.48. The lowest BCUT2D eigenvalue weighted by Crippen LogP contribution is -2.31. The summed E-state index contributed by atoms with van der Waals surface area (Å²) in [6, 6.07) is 4.26. The van der Waals surface area contributed by atoms with E-state index < -0.39 is 0 Å². The number of hydrogen-bond donors (Lipinski definition) is 3. The van der Waals surface area contributed by atoms with Gasteiger partial charge in [0, 0.05) is 11.1 Å². The molecule has 0 aliphatic carbocycles. The molecule has 0 radical (unpaired) electrons. The number of amides is 1. The molecule has 1 aromatic carbocycles. The van der Waals surface area contributed by atoms with Crippen LogP contribution < -0.4 is 16.6 Å². The number of hydrogen-bond acceptors (Lipinski definition) is 5. The van der Waals surface area contributed by atoms with Crippen molar-refractivity contribution in [1.82, 2.24) is 10.4 Å². The summed E-state index contributed by atoms with van der Waals surface area (Å²) in [4.78, 5) is 15.6. The molecule has 1 amide bonds. The van der Waals surface area contributed by atoms with Gasteiger partial charge in [-0.3, -0.25) is 10.2 Å². The first kappa shape index (κ1) is 14.5. The Morgan fingerprint density at radius 3 is 2.55 bits per heavy atom. The van der Waals surface area contributed by atoms with Gasteiger partial charge in [0.1, 0.15) is 0 Å². The average Bonchev–Trinajstić information content (AvgIpc) is 2.81. The zero-order chi connectivity index (χ0) is 14.7. The van der Waals surface area contributed by atoms with E-state index in [1.165, 1.54) is 28.0 Å². The van der Waals surface area contributed by atoms with Crippen LogP contribution in [0.3, 0.4) is 0 Å². The first-order valence-corrected chi connectivity index (χ1v) is 7.16. The zero-order valence-electron chi connectivity index (χ0n) is 11.8. The fourth-order valence-corrected chi connectivity index (χ4v) is 2.86. The summed E-state index contributed by atoms with van der Waals surface area (Å²) in [5, 5.41) is 5.96. The number of rotatable bonds is 4. The van der Waals surface area contributed by atoms with E-state index in [1.807, 2.05) is 5.38 Å². The van der Waals surface area contributed by atoms with Crippen LogP contribution in [0.2, 0.25) is 0 Å². The van der Waals surface area contributed by atoms with Crippen LogP contribution in [0.25, 0.3) is 0 Å². The van der Waals surface area contributed by atoms with Gasteiger partial charge in [0.25, 0.3) is 0 Å². The molecule has 0 bridgehead atoms. The Labute approximate surface area is 122 Å². The van der Waals surface area contributed by atoms with Gasteiger partial charge in [-0.1, -0.05) is 17.7 Å². The maximum atomic E-state index is 11.2. The van der Waals surface area contributed by atoms with Crippen LogP contribution in [-0.4, -0.2) is 10.9 Å². The van der Waals surface area contributed by atoms with E-state index in [1.54, 1.807) is 0 Å². The van der Waals surface area contributed by atoms with Gasteiger partial charge in [-0.05, 0) is 31.9 Å². The third kappa shape index (κ3) is 3.34. The third-order valence-corrected chi connectivity index (χ3v) is 3.77. The SMILES string of the molecule is Cc1cc(C)c(Nc2nc(CC(=O)NN)cs2)c(C)c1. The lowest BCUT2D eigenvalue weighted by Gasteiger charge is -2.11. The molecule has 106 valence electrons. The van der Waals surface area contributed by atoms with Gasteiger partial charge in [0.15, 0.2) is 5.13 Å². The van der Waals surface area contributed by atoms with E-state index in [9.17, 15) is 4.79 Å². The smallest absolute Gasteiger partial charge is 0.239 e. The molecule has 0 atom stereocenters. The second-order valence-electron chi connectivity index (χ2n) is 4.79. The van der Waals surface area contributed by atoms with Crippen LogP contribution in [0.1, 0.15) is 22.4 Å². The van der Waals surface area contributed by atoms with Gasteiger partial charge in [0.05, 0.1) is 12.1 Å². The Kier molecular flexibility index (Phi) is 4.36. The molecule has 6 heteroatoms. The third-order valence-electron chi connectivity index (χ3n) is 2.96. The van der Waals surface area contributed by atoms with Crippen LogP contribution in [0.5, 0.6) is 0 Å². The summed E-state index contributed by atoms with van der Waals surface area (Å²) < 4.78 is 0. The number of thiazole rings is 1. The summed E-state index contributed by atoms with van der Waals surface area (Å²) in [7, 11) is 0. The van der Waals surface area contributed by atoms with E-state index in [4.69, 9.17) is 5.84 Å². The highest BCUT2D eigenvalue weighted by Gasteiger charge is 2.09. The molecule has 1 heterocycles. The van der Waals surface area contributed by atoms with E-state index in [2.05, 4.69) is 48.6 Å². The quantitative estimate of drug-likeness (QED) is 0.459. The molecule has 0 aliphatic rings. The molecule has 0 unspecified atom stereocenters. The molecular weight excluding hydrogens is 272 g/mol. The maximum Gasteiger partial charge on any atom is 0.239 e. The highest BCUT2D eigenvalue weighted by molar-refractivity contribution is 7.13. The van der Waals surface area contributed by atoms with Crippen molar-refractivity contribution in [2.45, 2.75) is 27.2 Å². The van der Waals surface area contributed by atoms with E-state index in [-0.39, 0.29) is 12.3 Å². The molecule has 0 saturated heterocycles. The van der Waals surface area contributed by atoms with Gasteiger partial charge in [-0.25, -0.2) is 10.8 Å². The largest absolute Gasteiger partial charge is 0.331 e. The summed E-state index contributed by atoms with van der Waals surface area (Å²) in [6.45, 7) is 6.22. The molecule has 1 aromatic heterocycles. The van der Waals surface area contributed by atoms with Crippen molar-refractivity contribution in [3.8, 4) is 0 Å². The van der Waals surface area contributed by atoms with Crippen molar-refractivity contribution in [3.05, 3.63) is 39.9 Å². The zero-order valence-corrected chi connectivity index (χ0v) is 12.6. The monoisotopic (exact) mass is 290 g/mol. The molecule has 2 rings (SSSR count). The summed E-state index contributed by atoms with van der Waals surface area (Å²) in [6.07, 6.45) is 0.195. The van der Waals surface area contributed by atoms with Crippen LogP contribution in [-0.2, 0) is 11.2 Å². The minimum absolute atomic E-state index is 0.195. The number of nitrogens with zero attached hydrogens (tertiary/aromatic N) is 1. The molecule has 20 heavy (non-hydrogen) atoms. The minimum atomic E-state index is -0.246. The number of benzene rings is 1. The second-order valence-corrected chi connectivity index (χ2v) is 5.65. The number of nitrogens with one attached hydrogen (secondary N) is 2. The summed E-state index contributed by atoms with van der Waals surface area (Å²) in [5.74, 6) is 4.82. The van der Waals surface area contributed by atoms with Crippen molar-refractivity contribution in [2.24, 2.45) is 5.84 Å². The molecule has 0 spiro atoms. The Morgan fingerprint density at radius 2 is 1.95 bits per heavy atom. The molecule has 0 saturated carbocycles. The van der Waals surface area contributed by atoms with Gasteiger partial charge in [0.2, 0.25) is 5.91 Å². The van der Waals surface area contributed by atoms with Gasteiger partial charge in [-0.15, -0.1) is 11.3 Å². The van der Waals surface area contributed by atoms with Crippen molar-refractivity contribution in [1.29, 1.82) is 0 Å². The Hall–Kier alpha value is -1.92. The number of carbonyl (C=O) groups is 1. The Morgan fingerprint density at radius 1 is 1.30 bits per heavy atom. The Bertz CT molecular complexity index is 613. The van der Waals surface area contributed by atoms with Crippen molar-refractivity contribution >= 4 is 28.1 Å². The number of aryl methyl sites for hydroxylation is 3. The maximum absolute atomic E-state index is 11.2. The molecule has 0 aliphatic heterocycles. The number of hydrazine groups is 1. The fourth-order valence-electron chi connectivity index (χ4n) is 2.15. The normalized spacial score (nSPS) is 10.4. The van der Waals surface area contributed by atoms with E-state index in [0.717, 1.165) is 10.8 Å². The number of nitrogens with two attached hydrogens (primary N) is 1. The molecular formula is C14H18N4OS. The van der Waals surface area contributed by atoms with Crippen molar-refractivity contribution < 1.29 is 4.79 Å². The van der Waals surface area contributed by atoms with Gasteiger partial charge < -0.3 is 5.32 Å². The highest BCUT2D eigenvalue weighted by Crippen LogP contribution is 2.27. The average molecular weight is 290 g/mol. The minimum Gasteiger partial charge on any atom is -0.331 e. The Balaban J connectivity index is 2.17. The number of anilines is 2. The standard InChI is InChI=1S/C14H18N4OS/c1-8-4-9(2)13(10(3)5-8)17-14-16-11(7-20-14)6-12(19)18-15/h4-5,7H,6,15H2,1-3H3,(H,16,17)(H,18,19). The fraction of sp³-hybridized carbons (Fsp3) is 0.286. The number of carbonyl (C=O) groups excluding carboxylic acids is 1. The van der Waals surface area contributed by atoms with Crippen LogP contribution >= 0.6 is 11.3 Å². The molecule has 2 aromatic rings. The summed E-state index contributed by atoms with van der Waals surface area (Å²) >= 11 is 1.48. The number of aromatic nitrogens is 1. The van der Waals surface area contributed by atoms with Crippen LogP contribution in [0.15, 0.2) is 17.5 Å². The van der Waals surface area contributed by atoms with E-state index in [0.29, 0.717) is 5.69 Å². The first-order chi connectivity index (χ1) is 9.49. The van der Waals surface area contributed by atoms with Crippen molar-refractivity contribution in [3.63, 3.8) is 0 Å². The van der Waals surface area contributed by atoms with Gasteiger partial charge >= 0.3 is 0 Å². The second kappa shape index (κ2) is 6.02. The molecule has 4 N–H and O–H groups in total. The topological polar surface area (TPSA) is 80.0 Å². The van der Waals surface area contributed by atoms with Gasteiger partial charge in [-0.2, -0.15) is 0 Å². The van der Waals surface area contributed by atoms with Crippen molar-refractivity contribution in [2.75, 3.05) is 5.32 Å². The van der Waals surface area contributed by atoms with E-state index >= 15 is 0 Å². The predicted octanol–water partition coefficient (Wildman–Crippen LogP) is 2.34. The lowest BCUT2D eigenvalue weighted by atomic mass is 10.1. The molecule has 0 fully saturated rings.